The minimum Gasteiger partial charge on any atom is -0.351 e. The molecule has 5 nitrogen and oxygen atoms in total. The summed E-state index contributed by atoms with van der Waals surface area (Å²) >= 11 is 0. The Bertz CT molecular complexity index is 264. The number of piperidine rings is 2. The molecule has 0 atom stereocenters. The van der Waals surface area contributed by atoms with Gasteiger partial charge in [0.2, 0.25) is 0 Å². The molecule has 0 radical (unpaired) electrons. The van der Waals surface area contributed by atoms with Crippen LogP contribution >= 0.6 is 0 Å². The van der Waals surface area contributed by atoms with Gasteiger partial charge in [-0.1, -0.05) is 12.8 Å². The van der Waals surface area contributed by atoms with Gasteiger partial charge in [0.25, 0.3) is 0 Å². The standard InChI is InChI=1S/C15H30N4O/c16-15(20)19(13-11-17-7-3-1-4-8-17)14-12-18-9-5-2-6-10-18/h1-14H2,(H2,16,20). The number of likely N-dealkylation sites (tertiary alicyclic amines) is 2. The molecule has 0 saturated carbocycles. The van der Waals surface area contributed by atoms with Crippen molar-refractivity contribution in [3.05, 3.63) is 0 Å². The number of carbonyl (C=O) groups excluding carboxylic acids is 1. The first-order chi connectivity index (χ1) is 9.75. The molecule has 5 heteroatoms. The summed E-state index contributed by atoms with van der Waals surface area (Å²) in [5.41, 5.74) is 5.52. The molecule has 0 aromatic carbocycles. The highest BCUT2D eigenvalue weighted by atomic mass is 16.2. The summed E-state index contributed by atoms with van der Waals surface area (Å²) in [6.45, 7) is 8.23. The SMILES string of the molecule is NC(=O)N(CCN1CCCCC1)CCN1CCCCC1. The van der Waals surface area contributed by atoms with E-state index in [0.717, 1.165) is 26.2 Å². The minimum atomic E-state index is -0.265. The van der Waals surface area contributed by atoms with E-state index in [0.29, 0.717) is 0 Å². The van der Waals surface area contributed by atoms with Crippen LogP contribution in [0.3, 0.4) is 0 Å². The van der Waals surface area contributed by atoms with Crippen LogP contribution in [0.1, 0.15) is 38.5 Å². The van der Waals surface area contributed by atoms with Gasteiger partial charge in [-0.15, -0.1) is 0 Å². The van der Waals surface area contributed by atoms with Crippen LogP contribution in [-0.4, -0.2) is 73.1 Å². The first kappa shape index (κ1) is 15.6. The average molecular weight is 282 g/mol. The van der Waals surface area contributed by atoms with E-state index in [-0.39, 0.29) is 6.03 Å². The van der Waals surface area contributed by atoms with Gasteiger partial charge in [0, 0.05) is 26.2 Å². The fourth-order valence-corrected chi connectivity index (χ4v) is 3.22. The first-order valence-electron chi connectivity index (χ1n) is 8.25. The largest absolute Gasteiger partial charge is 0.351 e. The van der Waals surface area contributed by atoms with E-state index in [4.69, 9.17) is 5.73 Å². The molecular weight excluding hydrogens is 252 g/mol. The van der Waals surface area contributed by atoms with Crippen LogP contribution in [0.15, 0.2) is 0 Å². The summed E-state index contributed by atoms with van der Waals surface area (Å²) < 4.78 is 0. The van der Waals surface area contributed by atoms with E-state index < -0.39 is 0 Å². The lowest BCUT2D eigenvalue weighted by Gasteiger charge is -2.31. The van der Waals surface area contributed by atoms with Crippen molar-refractivity contribution in [2.24, 2.45) is 5.73 Å². The molecule has 0 unspecified atom stereocenters. The Morgan fingerprint density at radius 3 is 1.55 bits per heavy atom. The van der Waals surface area contributed by atoms with Crippen LogP contribution in [-0.2, 0) is 0 Å². The molecule has 2 heterocycles. The summed E-state index contributed by atoms with van der Waals surface area (Å²) in [6.07, 6.45) is 7.89. The molecular formula is C15H30N4O. The van der Waals surface area contributed by atoms with Crippen LogP contribution in [0.5, 0.6) is 0 Å². The third kappa shape index (κ3) is 5.29. The van der Waals surface area contributed by atoms with E-state index in [2.05, 4.69) is 9.80 Å². The van der Waals surface area contributed by atoms with Gasteiger partial charge in [-0.3, -0.25) is 0 Å². The summed E-state index contributed by atoms with van der Waals surface area (Å²) in [4.78, 5) is 18.3. The van der Waals surface area contributed by atoms with Crippen LogP contribution in [0, 0.1) is 0 Å². The van der Waals surface area contributed by atoms with Gasteiger partial charge in [0.05, 0.1) is 0 Å². The number of carbonyl (C=O) groups is 1. The summed E-state index contributed by atoms with van der Waals surface area (Å²) in [6, 6.07) is -0.265. The third-order valence-electron chi connectivity index (χ3n) is 4.58. The Morgan fingerprint density at radius 1 is 0.800 bits per heavy atom. The second-order valence-corrected chi connectivity index (χ2v) is 6.13. The molecule has 20 heavy (non-hydrogen) atoms. The van der Waals surface area contributed by atoms with Crippen molar-refractivity contribution < 1.29 is 4.79 Å². The molecule has 2 amide bonds. The lowest BCUT2D eigenvalue weighted by molar-refractivity contribution is 0.159. The maximum Gasteiger partial charge on any atom is 0.314 e. The number of urea groups is 1. The normalized spacial score (nSPS) is 21.8. The van der Waals surface area contributed by atoms with Crippen molar-refractivity contribution >= 4 is 6.03 Å². The lowest BCUT2D eigenvalue weighted by Crippen LogP contribution is -2.46. The molecule has 0 aromatic rings. The average Bonchev–Trinajstić information content (AvgIpc) is 2.49. The fourth-order valence-electron chi connectivity index (χ4n) is 3.22. The zero-order valence-electron chi connectivity index (χ0n) is 12.7. The zero-order chi connectivity index (χ0) is 14.2. The molecule has 2 aliphatic rings. The molecule has 0 aliphatic carbocycles. The summed E-state index contributed by atoms with van der Waals surface area (Å²) in [7, 11) is 0. The van der Waals surface area contributed by atoms with Crippen molar-refractivity contribution in [3.63, 3.8) is 0 Å². The van der Waals surface area contributed by atoms with Crippen LogP contribution in [0.25, 0.3) is 0 Å². The van der Waals surface area contributed by atoms with Gasteiger partial charge in [-0.25, -0.2) is 4.79 Å². The zero-order valence-corrected chi connectivity index (χ0v) is 12.7. The highest BCUT2D eigenvalue weighted by molar-refractivity contribution is 5.71. The molecule has 0 bridgehead atoms. The molecule has 2 aliphatic heterocycles. The summed E-state index contributed by atoms with van der Waals surface area (Å²) in [5.74, 6) is 0. The second-order valence-electron chi connectivity index (χ2n) is 6.13. The number of nitrogens with zero attached hydrogens (tertiary/aromatic N) is 3. The van der Waals surface area contributed by atoms with Gasteiger partial charge in [-0.2, -0.15) is 0 Å². The van der Waals surface area contributed by atoms with Crippen LogP contribution < -0.4 is 5.73 Å². The fraction of sp³-hybridized carbons (Fsp3) is 0.933. The molecule has 0 aromatic heterocycles. The Hall–Kier alpha value is -0.810. The van der Waals surface area contributed by atoms with Crippen molar-refractivity contribution in [2.45, 2.75) is 38.5 Å². The van der Waals surface area contributed by atoms with Gasteiger partial charge in [0.15, 0.2) is 0 Å². The van der Waals surface area contributed by atoms with E-state index in [1.165, 1.54) is 64.7 Å². The van der Waals surface area contributed by atoms with Crippen molar-refractivity contribution in [2.75, 3.05) is 52.4 Å². The highest BCUT2D eigenvalue weighted by Crippen LogP contribution is 2.09. The molecule has 2 N–H and O–H groups in total. The van der Waals surface area contributed by atoms with Crippen molar-refractivity contribution in [1.29, 1.82) is 0 Å². The Morgan fingerprint density at radius 2 is 1.20 bits per heavy atom. The maximum atomic E-state index is 11.6. The molecule has 2 rings (SSSR count). The highest BCUT2D eigenvalue weighted by Gasteiger charge is 2.16. The van der Waals surface area contributed by atoms with Gasteiger partial charge in [0.1, 0.15) is 0 Å². The molecule has 2 saturated heterocycles. The lowest BCUT2D eigenvalue weighted by atomic mass is 10.1. The molecule has 116 valence electrons. The summed E-state index contributed by atoms with van der Waals surface area (Å²) in [5, 5.41) is 0. The third-order valence-corrected chi connectivity index (χ3v) is 4.58. The number of hydrogen-bond acceptors (Lipinski definition) is 3. The monoisotopic (exact) mass is 282 g/mol. The van der Waals surface area contributed by atoms with Crippen molar-refractivity contribution in [3.8, 4) is 0 Å². The van der Waals surface area contributed by atoms with E-state index in [1.54, 1.807) is 0 Å². The van der Waals surface area contributed by atoms with Gasteiger partial charge in [-0.05, 0) is 51.9 Å². The number of hydrogen-bond donors (Lipinski definition) is 1. The Balaban J connectivity index is 1.67. The minimum absolute atomic E-state index is 0.265. The first-order valence-corrected chi connectivity index (χ1v) is 8.25. The predicted octanol–water partition coefficient (Wildman–Crippen LogP) is 1.34. The quantitative estimate of drug-likeness (QED) is 0.800. The second kappa shape index (κ2) is 8.47. The smallest absolute Gasteiger partial charge is 0.314 e. The van der Waals surface area contributed by atoms with E-state index in [9.17, 15) is 4.79 Å². The number of primary amides is 1. The van der Waals surface area contributed by atoms with Crippen LogP contribution in [0.4, 0.5) is 4.79 Å². The van der Waals surface area contributed by atoms with Crippen molar-refractivity contribution in [1.82, 2.24) is 14.7 Å². The van der Waals surface area contributed by atoms with Gasteiger partial charge < -0.3 is 20.4 Å². The van der Waals surface area contributed by atoms with E-state index >= 15 is 0 Å². The van der Waals surface area contributed by atoms with Crippen LogP contribution in [0.2, 0.25) is 0 Å². The number of amides is 2. The predicted molar refractivity (Wildman–Crippen MR) is 81.7 cm³/mol. The maximum absolute atomic E-state index is 11.6. The molecule has 0 spiro atoms. The topological polar surface area (TPSA) is 52.8 Å². The number of nitrogens with two attached hydrogens (primary N) is 1. The van der Waals surface area contributed by atoms with Gasteiger partial charge >= 0.3 is 6.03 Å². The number of rotatable bonds is 6. The Labute approximate surface area is 123 Å². The van der Waals surface area contributed by atoms with E-state index in [1.807, 2.05) is 4.90 Å². The molecule has 2 fully saturated rings. The Kier molecular flexibility index (Phi) is 6.60.